The summed E-state index contributed by atoms with van der Waals surface area (Å²) in [6, 6.07) is 25.2. The normalized spacial score (nSPS) is 11.8. The van der Waals surface area contributed by atoms with Crippen LogP contribution in [0.25, 0.3) is 11.5 Å². The molecular formula is C25H24N4O2. The van der Waals surface area contributed by atoms with E-state index in [0.717, 1.165) is 16.9 Å². The zero-order valence-corrected chi connectivity index (χ0v) is 17.3. The Morgan fingerprint density at radius 3 is 2.55 bits per heavy atom. The van der Waals surface area contributed by atoms with Crippen LogP contribution in [0.2, 0.25) is 0 Å². The number of aromatic nitrogens is 3. The van der Waals surface area contributed by atoms with E-state index in [2.05, 4.69) is 32.4 Å². The van der Waals surface area contributed by atoms with E-state index >= 15 is 0 Å². The van der Waals surface area contributed by atoms with Crippen LogP contribution in [0.3, 0.4) is 0 Å². The summed E-state index contributed by atoms with van der Waals surface area (Å²) in [5, 5.41) is 3.61. The minimum Gasteiger partial charge on any atom is -0.496 e. The van der Waals surface area contributed by atoms with E-state index in [0.29, 0.717) is 30.2 Å². The zero-order chi connectivity index (χ0) is 21.5. The van der Waals surface area contributed by atoms with Crippen molar-refractivity contribution in [2.75, 3.05) is 7.11 Å². The molecule has 0 radical (unpaired) electrons. The highest BCUT2D eigenvalue weighted by Crippen LogP contribution is 2.22. The second kappa shape index (κ2) is 9.82. The van der Waals surface area contributed by atoms with Gasteiger partial charge in [0.05, 0.1) is 12.8 Å². The van der Waals surface area contributed by atoms with Crippen LogP contribution in [0.1, 0.15) is 22.9 Å². The molecule has 0 aliphatic carbocycles. The molecule has 0 amide bonds. The molecule has 156 valence electrons. The number of aromatic amines is 1. The van der Waals surface area contributed by atoms with Gasteiger partial charge >= 0.3 is 0 Å². The fraction of sp³-hybridized carbons (Fsp3) is 0.160. The van der Waals surface area contributed by atoms with E-state index in [1.807, 2.05) is 60.7 Å². The number of H-pyrrole nitrogens is 1. The van der Waals surface area contributed by atoms with Gasteiger partial charge in [-0.3, -0.25) is 9.78 Å². The van der Waals surface area contributed by atoms with Crippen molar-refractivity contribution in [3.63, 3.8) is 0 Å². The second-order valence-corrected chi connectivity index (χ2v) is 7.16. The summed E-state index contributed by atoms with van der Waals surface area (Å²) in [5.74, 6) is 1.31. The highest BCUT2D eigenvalue weighted by molar-refractivity contribution is 5.48. The molecule has 31 heavy (non-hydrogen) atoms. The number of hydrogen-bond acceptors (Lipinski definition) is 5. The van der Waals surface area contributed by atoms with Crippen molar-refractivity contribution in [3.8, 4) is 17.3 Å². The number of nitrogens with zero attached hydrogens (tertiary/aromatic N) is 2. The Morgan fingerprint density at radius 2 is 1.77 bits per heavy atom. The number of ether oxygens (including phenoxy) is 1. The molecule has 0 fully saturated rings. The standard InChI is InChI=1S/C25H24N4O2/c1-31-23-13-6-5-11-19(23)17-27-22(18-9-3-2-4-10-18)15-20-16-24(30)29-25(28-20)21-12-7-8-14-26-21/h2-14,16,22,27H,15,17H2,1H3,(H,28,29,30)/t22-/m1/s1. The van der Waals surface area contributed by atoms with Gasteiger partial charge in [0.15, 0.2) is 5.82 Å². The van der Waals surface area contributed by atoms with Crippen molar-refractivity contribution < 1.29 is 4.74 Å². The number of rotatable bonds is 8. The third-order valence-electron chi connectivity index (χ3n) is 5.05. The first-order valence-electron chi connectivity index (χ1n) is 10.1. The van der Waals surface area contributed by atoms with Gasteiger partial charge in [-0.2, -0.15) is 0 Å². The average Bonchev–Trinajstić information content (AvgIpc) is 2.82. The summed E-state index contributed by atoms with van der Waals surface area (Å²) in [6.45, 7) is 0.625. The summed E-state index contributed by atoms with van der Waals surface area (Å²) in [4.78, 5) is 24.1. The molecule has 0 saturated carbocycles. The van der Waals surface area contributed by atoms with Gasteiger partial charge < -0.3 is 15.0 Å². The fourth-order valence-corrected chi connectivity index (χ4v) is 3.52. The van der Waals surface area contributed by atoms with Gasteiger partial charge in [-0.05, 0) is 23.8 Å². The summed E-state index contributed by atoms with van der Waals surface area (Å²) in [6.07, 6.45) is 2.24. The molecule has 2 N–H and O–H groups in total. The SMILES string of the molecule is COc1ccccc1CN[C@H](Cc1cc(=O)[nH]c(-c2ccccn2)n1)c1ccccc1. The Kier molecular flexibility index (Phi) is 6.50. The van der Waals surface area contributed by atoms with E-state index in [1.54, 1.807) is 19.4 Å². The first-order chi connectivity index (χ1) is 15.2. The second-order valence-electron chi connectivity index (χ2n) is 7.16. The minimum atomic E-state index is -0.192. The molecule has 0 bridgehead atoms. The van der Waals surface area contributed by atoms with Crippen LogP contribution >= 0.6 is 0 Å². The van der Waals surface area contributed by atoms with E-state index < -0.39 is 0 Å². The van der Waals surface area contributed by atoms with Gasteiger partial charge in [-0.1, -0.05) is 54.6 Å². The quantitative estimate of drug-likeness (QED) is 0.459. The van der Waals surface area contributed by atoms with Crippen LogP contribution in [0.5, 0.6) is 5.75 Å². The molecule has 0 unspecified atom stereocenters. The largest absolute Gasteiger partial charge is 0.496 e. The molecule has 6 nitrogen and oxygen atoms in total. The van der Waals surface area contributed by atoms with Crippen molar-refractivity contribution >= 4 is 0 Å². The Bertz CT molecular complexity index is 1180. The lowest BCUT2D eigenvalue weighted by atomic mass is 10.0. The molecule has 4 rings (SSSR count). The van der Waals surface area contributed by atoms with Crippen LogP contribution in [0.4, 0.5) is 0 Å². The molecule has 0 spiro atoms. The Labute approximate surface area is 181 Å². The number of pyridine rings is 1. The summed E-state index contributed by atoms with van der Waals surface area (Å²) in [7, 11) is 1.67. The summed E-state index contributed by atoms with van der Waals surface area (Å²) >= 11 is 0. The lowest BCUT2D eigenvalue weighted by molar-refractivity contribution is 0.405. The molecule has 0 saturated heterocycles. The van der Waals surface area contributed by atoms with E-state index in [-0.39, 0.29) is 11.6 Å². The van der Waals surface area contributed by atoms with Crippen molar-refractivity contribution in [3.05, 3.63) is 112 Å². The summed E-state index contributed by atoms with van der Waals surface area (Å²) < 4.78 is 5.48. The number of methoxy groups -OCH3 is 1. The maximum absolute atomic E-state index is 12.3. The Hall–Kier alpha value is -3.77. The van der Waals surface area contributed by atoms with Gasteiger partial charge in [-0.25, -0.2) is 4.98 Å². The van der Waals surface area contributed by atoms with Crippen molar-refractivity contribution in [1.82, 2.24) is 20.3 Å². The van der Waals surface area contributed by atoms with Crippen molar-refractivity contribution in [2.45, 2.75) is 19.0 Å². The number of para-hydroxylation sites is 1. The van der Waals surface area contributed by atoms with Gasteiger partial charge in [-0.15, -0.1) is 0 Å². The monoisotopic (exact) mass is 412 g/mol. The summed E-state index contributed by atoms with van der Waals surface area (Å²) in [5.41, 5.74) is 3.34. The lowest BCUT2D eigenvalue weighted by Crippen LogP contribution is -2.24. The molecule has 2 aromatic heterocycles. The van der Waals surface area contributed by atoms with Crippen LogP contribution in [0.15, 0.2) is 89.9 Å². The Balaban J connectivity index is 1.61. The molecule has 1 atom stereocenters. The van der Waals surface area contributed by atoms with Crippen LogP contribution in [-0.2, 0) is 13.0 Å². The first kappa shape index (κ1) is 20.5. The first-order valence-corrected chi connectivity index (χ1v) is 10.1. The number of nitrogens with one attached hydrogen (secondary N) is 2. The van der Waals surface area contributed by atoms with Crippen LogP contribution in [0, 0.1) is 0 Å². The molecular weight excluding hydrogens is 388 g/mol. The van der Waals surface area contributed by atoms with E-state index in [1.165, 1.54) is 0 Å². The smallest absolute Gasteiger partial charge is 0.251 e. The fourth-order valence-electron chi connectivity index (χ4n) is 3.52. The molecule has 0 aliphatic heterocycles. The van der Waals surface area contributed by atoms with Gasteiger partial charge in [0.1, 0.15) is 11.4 Å². The predicted molar refractivity (Wildman–Crippen MR) is 121 cm³/mol. The van der Waals surface area contributed by atoms with Gasteiger partial charge in [0.25, 0.3) is 5.56 Å². The van der Waals surface area contributed by atoms with Crippen LogP contribution in [-0.4, -0.2) is 22.1 Å². The molecule has 4 aromatic rings. The maximum Gasteiger partial charge on any atom is 0.251 e. The van der Waals surface area contributed by atoms with Crippen molar-refractivity contribution in [2.24, 2.45) is 0 Å². The van der Waals surface area contributed by atoms with Gasteiger partial charge in [0.2, 0.25) is 0 Å². The van der Waals surface area contributed by atoms with E-state index in [4.69, 9.17) is 4.74 Å². The van der Waals surface area contributed by atoms with Crippen LogP contribution < -0.4 is 15.6 Å². The topological polar surface area (TPSA) is 79.9 Å². The highest BCUT2D eigenvalue weighted by Gasteiger charge is 2.15. The minimum absolute atomic E-state index is 0.0306. The highest BCUT2D eigenvalue weighted by atomic mass is 16.5. The predicted octanol–water partition coefficient (Wildman–Crippen LogP) is 3.91. The molecule has 2 heterocycles. The number of benzene rings is 2. The zero-order valence-electron chi connectivity index (χ0n) is 17.3. The number of hydrogen-bond donors (Lipinski definition) is 2. The molecule has 6 heteroatoms. The van der Waals surface area contributed by atoms with Crippen molar-refractivity contribution in [1.29, 1.82) is 0 Å². The average molecular weight is 412 g/mol. The lowest BCUT2D eigenvalue weighted by Gasteiger charge is -2.20. The molecule has 0 aliphatic rings. The maximum atomic E-state index is 12.3. The third-order valence-corrected chi connectivity index (χ3v) is 5.05. The van der Waals surface area contributed by atoms with Gasteiger partial charge in [0, 0.05) is 36.8 Å². The third kappa shape index (κ3) is 5.24. The Morgan fingerprint density at radius 1 is 1.00 bits per heavy atom. The van der Waals surface area contributed by atoms with E-state index in [9.17, 15) is 4.79 Å². The molecule has 2 aromatic carbocycles.